The van der Waals surface area contributed by atoms with Crippen LogP contribution < -0.4 is 5.56 Å². The number of nitrogens with zero attached hydrogens (tertiary/aromatic N) is 1. The molecular formula is C10H9F3N2O3S. The second kappa shape index (κ2) is 5.47. The Morgan fingerprint density at radius 1 is 1.42 bits per heavy atom. The number of halogens is 3. The predicted molar refractivity (Wildman–Crippen MR) is 61.7 cm³/mol. The van der Waals surface area contributed by atoms with E-state index in [-0.39, 0.29) is 10.7 Å². The molecule has 0 aliphatic carbocycles. The van der Waals surface area contributed by atoms with E-state index in [9.17, 15) is 27.9 Å². The van der Waals surface area contributed by atoms with Crippen LogP contribution in [0.3, 0.4) is 0 Å². The zero-order valence-corrected chi connectivity index (χ0v) is 10.6. The number of hydrogen-bond acceptors (Lipinski definition) is 5. The lowest BCUT2D eigenvalue weighted by molar-refractivity contribution is -0.141. The van der Waals surface area contributed by atoms with Gasteiger partial charge in [0.2, 0.25) is 0 Å². The fourth-order valence-corrected chi connectivity index (χ4v) is 1.91. The molecule has 0 aromatic carbocycles. The van der Waals surface area contributed by atoms with Crippen LogP contribution in [0.4, 0.5) is 13.2 Å². The maximum Gasteiger partial charge on any atom is 0.433 e. The Hall–Kier alpha value is -1.77. The van der Waals surface area contributed by atoms with Crippen LogP contribution in [0.2, 0.25) is 0 Å². The molecule has 0 unspecified atom stereocenters. The van der Waals surface area contributed by atoms with E-state index >= 15 is 0 Å². The third kappa shape index (κ3) is 4.12. The van der Waals surface area contributed by atoms with Gasteiger partial charge >= 0.3 is 6.18 Å². The fourth-order valence-electron chi connectivity index (χ4n) is 1.13. The Kier molecular flexibility index (Phi) is 4.40. The number of thioether (sulfide) groups is 1. The highest BCUT2D eigenvalue weighted by Crippen LogP contribution is 2.30. The Labute approximate surface area is 109 Å². The molecule has 9 heteroatoms. The molecule has 5 nitrogen and oxygen atoms in total. The molecule has 0 aliphatic heterocycles. The highest BCUT2D eigenvalue weighted by Gasteiger charge is 2.33. The van der Waals surface area contributed by atoms with Gasteiger partial charge in [0.1, 0.15) is 5.76 Å². The summed E-state index contributed by atoms with van der Waals surface area (Å²) in [6, 6.07) is 0.313. The highest BCUT2D eigenvalue weighted by molar-refractivity contribution is 8.03. The first-order valence-electron chi connectivity index (χ1n) is 4.88. The molecule has 19 heavy (non-hydrogen) atoms. The van der Waals surface area contributed by atoms with Crippen molar-refractivity contribution < 1.29 is 23.1 Å². The molecule has 0 fully saturated rings. The number of carbonyl (C=O) groups is 1. The molecule has 1 aromatic heterocycles. The minimum absolute atomic E-state index is 0.192. The second-order valence-corrected chi connectivity index (χ2v) is 4.51. The molecule has 0 spiro atoms. The van der Waals surface area contributed by atoms with E-state index in [0.29, 0.717) is 17.8 Å². The minimum atomic E-state index is -4.77. The summed E-state index contributed by atoms with van der Waals surface area (Å²) in [5.41, 5.74) is -2.36. The number of H-pyrrole nitrogens is 1. The van der Waals surface area contributed by atoms with Crippen LogP contribution in [-0.2, 0) is 11.0 Å². The number of aliphatic hydroxyl groups excluding tert-OH is 1. The van der Waals surface area contributed by atoms with Crippen molar-refractivity contribution >= 4 is 17.5 Å². The topological polar surface area (TPSA) is 83.0 Å². The zero-order chi connectivity index (χ0) is 14.8. The summed E-state index contributed by atoms with van der Waals surface area (Å²) in [4.78, 5) is 27.3. The number of Topliss-reactive ketones (excluding diaryl/α,β-unsaturated/α-hetero) is 1. The first-order valence-corrected chi connectivity index (χ1v) is 5.70. The summed E-state index contributed by atoms with van der Waals surface area (Å²) in [6.45, 7) is 2.34. The van der Waals surface area contributed by atoms with Crippen LogP contribution in [0.1, 0.15) is 19.5 Å². The van der Waals surface area contributed by atoms with Crippen molar-refractivity contribution in [3.8, 4) is 0 Å². The fraction of sp³-hybridized carbons (Fsp3) is 0.300. The quantitative estimate of drug-likeness (QED) is 0.387. The molecule has 0 amide bonds. The monoisotopic (exact) mass is 294 g/mol. The number of aliphatic hydroxyl groups is 1. The van der Waals surface area contributed by atoms with Gasteiger partial charge in [-0.1, -0.05) is 0 Å². The molecule has 0 radical (unpaired) electrons. The molecule has 1 rings (SSSR count). The van der Waals surface area contributed by atoms with Gasteiger partial charge in [-0.05, 0) is 25.6 Å². The summed E-state index contributed by atoms with van der Waals surface area (Å²) in [5.74, 6) is -0.914. The van der Waals surface area contributed by atoms with E-state index < -0.39 is 28.4 Å². The predicted octanol–water partition coefficient (Wildman–Crippen LogP) is 2.26. The number of ketones is 1. The van der Waals surface area contributed by atoms with Gasteiger partial charge in [0.05, 0.1) is 4.91 Å². The SMILES string of the molecule is CC(=O)/C(Sc1nc(C(F)(F)F)cc(=O)[nH]1)=C(\C)O. The van der Waals surface area contributed by atoms with Crippen LogP contribution in [0, 0.1) is 0 Å². The average Bonchev–Trinajstić information content (AvgIpc) is 2.23. The van der Waals surface area contributed by atoms with Crippen LogP contribution >= 0.6 is 11.8 Å². The second-order valence-electron chi connectivity index (χ2n) is 3.51. The maximum atomic E-state index is 12.4. The number of allylic oxidation sites excluding steroid dienone is 2. The van der Waals surface area contributed by atoms with Gasteiger partial charge < -0.3 is 10.1 Å². The van der Waals surface area contributed by atoms with Crippen molar-refractivity contribution in [2.75, 3.05) is 0 Å². The van der Waals surface area contributed by atoms with E-state index in [0.717, 1.165) is 6.92 Å². The molecular weight excluding hydrogens is 285 g/mol. The largest absolute Gasteiger partial charge is 0.511 e. The summed E-state index contributed by atoms with van der Waals surface area (Å²) in [7, 11) is 0. The van der Waals surface area contributed by atoms with Crippen molar-refractivity contribution in [3.63, 3.8) is 0 Å². The van der Waals surface area contributed by atoms with E-state index in [4.69, 9.17) is 0 Å². The number of aromatic amines is 1. The number of rotatable bonds is 3. The Morgan fingerprint density at radius 3 is 2.42 bits per heavy atom. The maximum absolute atomic E-state index is 12.4. The van der Waals surface area contributed by atoms with Gasteiger partial charge in [-0.3, -0.25) is 9.59 Å². The number of alkyl halides is 3. The third-order valence-electron chi connectivity index (χ3n) is 1.86. The summed E-state index contributed by atoms with van der Waals surface area (Å²) >= 11 is 0.463. The van der Waals surface area contributed by atoms with Crippen LogP contribution in [0.15, 0.2) is 26.7 Å². The summed E-state index contributed by atoms with van der Waals surface area (Å²) in [5, 5.41) is 8.82. The molecule has 0 saturated carbocycles. The summed E-state index contributed by atoms with van der Waals surface area (Å²) in [6.07, 6.45) is -4.77. The van der Waals surface area contributed by atoms with Gasteiger partial charge in [-0.15, -0.1) is 0 Å². The number of carbonyl (C=O) groups excluding carboxylic acids is 1. The van der Waals surface area contributed by atoms with Crippen LogP contribution in [-0.4, -0.2) is 20.9 Å². The average molecular weight is 294 g/mol. The zero-order valence-electron chi connectivity index (χ0n) is 9.83. The van der Waals surface area contributed by atoms with Crippen molar-refractivity contribution in [3.05, 3.63) is 32.8 Å². The minimum Gasteiger partial charge on any atom is -0.511 e. The summed E-state index contributed by atoms with van der Waals surface area (Å²) < 4.78 is 37.3. The van der Waals surface area contributed by atoms with Gasteiger partial charge in [-0.25, -0.2) is 4.98 Å². The van der Waals surface area contributed by atoms with E-state index in [1.807, 2.05) is 0 Å². The Morgan fingerprint density at radius 2 is 2.00 bits per heavy atom. The van der Waals surface area contributed by atoms with E-state index in [1.165, 1.54) is 6.92 Å². The molecule has 2 N–H and O–H groups in total. The number of aromatic nitrogens is 2. The van der Waals surface area contributed by atoms with Crippen molar-refractivity contribution in [1.29, 1.82) is 0 Å². The van der Waals surface area contributed by atoms with E-state index in [1.54, 1.807) is 0 Å². The molecule has 104 valence electrons. The lowest BCUT2D eigenvalue weighted by Gasteiger charge is -2.08. The van der Waals surface area contributed by atoms with Gasteiger partial charge in [0, 0.05) is 6.07 Å². The number of hydrogen-bond donors (Lipinski definition) is 2. The molecule has 1 heterocycles. The van der Waals surface area contributed by atoms with Gasteiger partial charge in [0.15, 0.2) is 16.6 Å². The Bertz CT molecular complexity index is 588. The lowest BCUT2D eigenvalue weighted by atomic mass is 10.4. The first-order chi connectivity index (χ1) is 8.61. The lowest BCUT2D eigenvalue weighted by Crippen LogP contribution is -2.17. The van der Waals surface area contributed by atoms with E-state index in [2.05, 4.69) is 9.97 Å². The first kappa shape index (κ1) is 15.3. The third-order valence-corrected chi connectivity index (χ3v) is 3.03. The van der Waals surface area contributed by atoms with Gasteiger partial charge in [0.25, 0.3) is 5.56 Å². The van der Waals surface area contributed by atoms with Crippen molar-refractivity contribution in [2.24, 2.45) is 0 Å². The highest BCUT2D eigenvalue weighted by atomic mass is 32.2. The standard InChI is InChI=1S/C10H9F3N2O3S/c1-4(16)8(5(2)17)19-9-14-6(10(11,12)13)3-7(18)15-9/h3,16H,1-2H3,(H,14,15,18)/b8-4-. The van der Waals surface area contributed by atoms with Crippen LogP contribution in [0.25, 0.3) is 0 Å². The molecule has 0 atom stereocenters. The molecule has 0 saturated heterocycles. The molecule has 0 aliphatic rings. The Balaban J connectivity index is 3.23. The van der Waals surface area contributed by atoms with Gasteiger partial charge in [-0.2, -0.15) is 13.2 Å². The van der Waals surface area contributed by atoms with Crippen molar-refractivity contribution in [2.45, 2.75) is 25.2 Å². The van der Waals surface area contributed by atoms with Crippen LogP contribution in [0.5, 0.6) is 0 Å². The molecule has 1 aromatic rings. The smallest absolute Gasteiger partial charge is 0.433 e. The molecule has 0 bridgehead atoms. The van der Waals surface area contributed by atoms with Crippen molar-refractivity contribution in [1.82, 2.24) is 9.97 Å². The normalized spacial score (nSPS) is 13.1. The number of nitrogens with one attached hydrogen (secondary N) is 1.